The second kappa shape index (κ2) is 8.23. The average Bonchev–Trinajstić information content (AvgIpc) is 2.37. The fourth-order valence-corrected chi connectivity index (χ4v) is 8.79. The molecular formula is C12H18BrFN2O8S4. The highest BCUT2D eigenvalue weighted by Crippen LogP contribution is 2.31. The van der Waals surface area contributed by atoms with Crippen molar-refractivity contribution >= 4 is 56.0 Å². The minimum absolute atomic E-state index is 0.0878. The molecule has 0 fully saturated rings. The van der Waals surface area contributed by atoms with Gasteiger partial charge < -0.3 is 0 Å². The molecule has 10 nitrogen and oxygen atoms in total. The average molecular weight is 545 g/mol. The van der Waals surface area contributed by atoms with Crippen molar-refractivity contribution in [1.82, 2.24) is 7.42 Å². The van der Waals surface area contributed by atoms with E-state index in [2.05, 4.69) is 15.9 Å². The highest BCUT2D eigenvalue weighted by molar-refractivity contribution is 9.10. The molecular weight excluding hydrogens is 527 g/mol. The summed E-state index contributed by atoms with van der Waals surface area (Å²) >= 11 is 2.98. The number of halogens is 2. The van der Waals surface area contributed by atoms with Crippen LogP contribution in [-0.4, -0.2) is 72.7 Å². The Bertz CT molecular complexity index is 1120. The van der Waals surface area contributed by atoms with Crippen LogP contribution in [0.3, 0.4) is 0 Å². The first-order valence-electron chi connectivity index (χ1n) is 7.08. The van der Waals surface area contributed by atoms with E-state index in [4.69, 9.17) is 0 Å². The monoisotopic (exact) mass is 544 g/mol. The Balaban J connectivity index is 3.88. The van der Waals surface area contributed by atoms with Gasteiger partial charge in [0.25, 0.3) is 0 Å². The molecule has 0 spiro atoms. The molecule has 0 heterocycles. The zero-order valence-electron chi connectivity index (χ0n) is 15.1. The van der Waals surface area contributed by atoms with Crippen molar-refractivity contribution in [1.29, 1.82) is 0 Å². The second-order valence-electron chi connectivity index (χ2n) is 5.91. The third kappa shape index (κ3) is 6.43. The Morgan fingerprint density at radius 2 is 1.29 bits per heavy atom. The maximum absolute atomic E-state index is 14.5. The van der Waals surface area contributed by atoms with Gasteiger partial charge in [-0.05, 0) is 12.1 Å². The van der Waals surface area contributed by atoms with E-state index in [1.54, 1.807) is 0 Å². The van der Waals surface area contributed by atoms with E-state index in [1.165, 1.54) is 6.07 Å². The topological polar surface area (TPSA) is 143 Å². The van der Waals surface area contributed by atoms with Crippen molar-refractivity contribution in [2.45, 2.75) is 6.04 Å². The number of sulfonamides is 4. The van der Waals surface area contributed by atoms with Crippen molar-refractivity contribution in [3.05, 3.63) is 34.1 Å². The molecule has 1 aromatic carbocycles. The molecule has 162 valence electrons. The third-order valence-electron chi connectivity index (χ3n) is 3.29. The summed E-state index contributed by atoms with van der Waals surface area (Å²) in [6.07, 6.45) is 2.11. The maximum Gasteiger partial charge on any atom is 0.224 e. The lowest BCUT2D eigenvalue weighted by atomic mass is 10.1. The molecule has 0 saturated heterocycles. The highest BCUT2D eigenvalue weighted by Gasteiger charge is 2.41. The summed E-state index contributed by atoms with van der Waals surface area (Å²) in [5.74, 6) is -1.07. The van der Waals surface area contributed by atoms with Crippen molar-refractivity contribution in [2.75, 3.05) is 31.6 Å². The molecule has 28 heavy (non-hydrogen) atoms. The van der Waals surface area contributed by atoms with Crippen LogP contribution in [0.4, 0.5) is 4.39 Å². The minimum atomic E-state index is -4.58. The molecule has 0 saturated carbocycles. The summed E-state index contributed by atoms with van der Waals surface area (Å²) in [4.78, 5) is 0. The summed E-state index contributed by atoms with van der Waals surface area (Å²) < 4.78 is 111. The van der Waals surface area contributed by atoms with Gasteiger partial charge in [-0.25, -0.2) is 38.1 Å². The molecule has 0 aliphatic rings. The van der Waals surface area contributed by atoms with Crippen LogP contribution in [0.15, 0.2) is 22.7 Å². The molecule has 16 heteroatoms. The van der Waals surface area contributed by atoms with Gasteiger partial charge in [0.1, 0.15) is 5.82 Å². The fraction of sp³-hybridized carbons (Fsp3) is 0.500. The number of benzene rings is 1. The molecule has 0 bridgehead atoms. The standard InChI is InChI=1S/C12H18BrFN2O8S4/c1-25(17,18)15(26(2,19)20)8-12(10-6-5-9(13)7-11(10)14)16(27(3,21)22)28(4,23)24/h5-7,12H,8H2,1-4H3/t12-/m1/s1. The molecule has 0 radical (unpaired) electrons. The summed E-state index contributed by atoms with van der Waals surface area (Å²) in [5.41, 5.74) is -0.531. The summed E-state index contributed by atoms with van der Waals surface area (Å²) in [6.45, 7) is -1.18. The number of nitrogens with zero attached hydrogens (tertiary/aromatic N) is 2. The Morgan fingerprint density at radius 3 is 1.61 bits per heavy atom. The molecule has 0 unspecified atom stereocenters. The fourth-order valence-electron chi connectivity index (χ4n) is 2.42. The largest absolute Gasteiger partial charge is 0.224 e. The van der Waals surface area contributed by atoms with Crippen molar-refractivity contribution in [3.63, 3.8) is 0 Å². The lowest BCUT2D eigenvalue weighted by Gasteiger charge is -2.31. The first kappa shape index (κ1) is 25.4. The van der Waals surface area contributed by atoms with E-state index in [0.717, 1.165) is 12.1 Å². The van der Waals surface area contributed by atoms with Crippen LogP contribution in [-0.2, 0) is 40.1 Å². The predicted molar refractivity (Wildman–Crippen MR) is 105 cm³/mol. The van der Waals surface area contributed by atoms with Gasteiger partial charge >= 0.3 is 0 Å². The zero-order valence-corrected chi connectivity index (χ0v) is 19.9. The Labute approximate surface area is 172 Å². The van der Waals surface area contributed by atoms with Crippen LogP contribution in [0, 0.1) is 5.82 Å². The van der Waals surface area contributed by atoms with Gasteiger partial charge in [0, 0.05) is 10.0 Å². The third-order valence-corrected chi connectivity index (χ3v) is 10.6. The summed E-state index contributed by atoms with van der Waals surface area (Å²) in [5, 5.41) is 0. The minimum Gasteiger partial charge on any atom is -0.212 e. The van der Waals surface area contributed by atoms with Gasteiger partial charge in [-0.15, -0.1) is 0 Å². The van der Waals surface area contributed by atoms with Crippen LogP contribution < -0.4 is 0 Å². The van der Waals surface area contributed by atoms with Crippen LogP contribution in [0.25, 0.3) is 0 Å². The van der Waals surface area contributed by atoms with Crippen molar-refractivity contribution in [2.24, 2.45) is 0 Å². The number of hydrogen-bond acceptors (Lipinski definition) is 8. The van der Waals surface area contributed by atoms with Crippen LogP contribution in [0.5, 0.6) is 0 Å². The molecule has 0 N–H and O–H groups in total. The normalized spacial score (nSPS) is 15.1. The zero-order chi connectivity index (χ0) is 22.3. The Kier molecular flexibility index (Phi) is 7.46. The van der Waals surface area contributed by atoms with Gasteiger partial charge in [-0.2, -0.15) is 0 Å². The van der Waals surface area contributed by atoms with Crippen molar-refractivity contribution < 1.29 is 38.1 Å². The maximum atomic E-state index is 14.5. The van der Waals surface area contributed by atoms with E-state index in [9.17, 15) is 38.1 Å². The molecule has 0 aliphatic heterocycles. The molecule has 1 aromatic rings. The van der Waals surface area contributed by atoms with E-state index in [-0.39, 0.29) is 11.9 Å². The Hall–Kier alpha value is -0.650. The van der Waals surface area contributed by atoms with E-state index in [0.29, 0.717) is 25.0 Å². The second-order valence-corrected chi connectivity index (χ2v) is 14.8. The summed E-state index contributed by atoms with van der Waals surface area (Å²) in [7, 11) is -18.1. The first-order valence-corrected chi connectivity index (χ1v) is 15.3. The molecule has 0 aliphatic carbocycles. The van der Waals surface area contributed by atoms with Gasteiger partial charge in [0.15, 0.2) is 0 Å². The van der Waals surface area contributed by atoms with Crippen LogP contribution in [0.2, 0.25) is 0 Å². The number of hydrogen-bond donors (Lipinski definition) is 0. The van der Waals surface area contributed by atoms with E-state index < -0.39 is 64.1 Å². The van der Waals surface area contributed by atoms with E-state index in [1.807, 2.05) is 0 Å². The van der Waals surface area contributed by atoms with Gasteiger partial charge in [0.2, 0.25) is 40.1 Å². The van der Waals surface area contributed by atoms with Gasteiger partial charge in [0.05, 0.1) is 37.6 Å². The van der Waals surface area contributed by atoms with E-state index >= 15 is 0 Å². The van der Waals surface area contributed by atoms with Gasteiger partial charge in [-0.1, -0.05) is 29.4 Å². The molecule has 0 amide bonds. The molecule has 1 rings (SSSR count). The lowest BCUT2D eigenvalue weighted by molar-refractivity contribution is 0.379. The molecule has 1 atom stereocenters. The van der Waals surface area contributed by atoms with Gasteiger partial charge in [-0.3, -0.25) is 0 Å². The lowest BCUT2D eigenvalue weighted by Crippen LogP contribution is -2.47. The number of rotatable bonds is 8. The first-order chi connectivity index (χ1) is 12.3. The SMILES string of the molecule is CS(=O)(=O)N(C[C@H](c1ccc(Br)cc1F)N(S(C)(=O)=O)S(C)(=O)=O)S(C)(=O)=O. The van der Waals surface area contributed by atoms with Crippen molar-refractivity contribution in [3.8, 4) is 0 Å². The summed E-state index contributed by atoms with van der Waals surface area (Å²) in [6, 6.07) is 1.17. The van der Waals surface area contributed by atoms with Crippen LogP contribution in [0.1, 0.15) is 11.6 Å². The smallest absolute Gasteiger partial charge is 0.212 e. The van der Waals surface area contributed by atoms with Crippen LogP contribution >= 0.6 is 15.9 Å². The predicted octanol–water partition coefficient (Wildman–Crippen LogP) is 0.0717. The highest BCUT2D eigenvalue weighted by atomic mass is 79.9. The Morgan fingerprint density at radius 1 is 0.857 bits per heavy atom. The molecule has 0 aromatic heterocycles. The quantitative estimate of drug-likeness (QED) is 0.447.